The van der Waals surface area contributed by atoms with Crippen LogP contribution in [0.2, 0.25) is 0 Å². The minimum absolute atomic E-state index is 0.746. The zero-order valence-electron chi connectivity index (χ0n) is 8.64. The van der Waals surface area contributed by atoms with Crippen LogP contribution in [0.25, 0.3) is 0 Å². The Hall–Kier alpha value is -0.0800. The molecule has 1 fully saturated rings. The van der Waals surface area contributed by atoms with E-state index in [0.717, 1.165) is 25.0 Å². The first-order valence-electron chi connectivity index (χ1n) is 5.16. The third-order valence-electron chi connectivity index (χ3n) is 2.83. The molecule has 12 heavy (non-hydrogen) atoms. The van der Waals surface area contributed by atoms with Crippen molar-refractivity contribution in [2.75, 3.05) is 26.7 Å². The highest BCUT2D eigenvalue weighted by Crippen LogP contribution is 2.32. The highest BCUT2D eigenvalue weighted by Gasteiger charge is 2.27. The number of likely N-dealkylation sites (N-methyl/N-ethyl adjacent to an activating group) is 1. The zero-order valence-corrected chi connectivity index (χ0v) is 8.64. The Labute approximate surface area is 76.3 Å². The molecule has 2 nitrogen and oxygen atoms in total. The molecule has 2 heteroatoms. The lowest BCUT2D eigenvalue weighted by Gasteiger charge is -2.17. The summed E-state index contributed by atoms with van der Waals surface area (Å²) in [7, 11) is 2.17. The smallest absolute Gasteiger partial charge is 0.0104 e. The van der Waals surface area contributed by atoms with Crippen molar-refractivity contribution in [3.63, 3.8) is 0 Å². The van der Waals surface area contributed by atoms with Crippen LogP contribution in [0.1, 0.15) is 26.7 Å². The van der Waals surface area contributed by atoms with E-state index in [1.807, 2.05) is 0 Å². The fourth-order valence-electron chi connectivity index (χ4n) is 1.40. The van der Waals surface area contributed by atoms with E-state index in [-0.39, 0.29) is 0 Å². The van der Waals surface area contributed by atoms with Crippen LogP contribution >= 0.6 is 0 Å². The Morgan fingerprint density at radius 1 is 1.50 bits per heavy atom. The molecule has 0 aromatic heterocycles. The monoisotopic (exact) mass is 170 g/mol. The van der Waals surface area contributed by atoms with E-state index in [1.165, 1.54) is 19.4 Å². The molecule has 0 aromatic rings. The van der Waals surface area contributed by atoms with E-state index in [4.69, 9.17) is 0 Å². The van der Waals surface area contributed by atoms with Crippen molar-refractivity contribution in [2.24, 2.45) is 5.92 Å². The molecule has 1 saturated carbocycles. The standard InChI is InChI=1S/C10H22N2/c1-4-12(3)8-7-11-9(2)10-5-6-10/h9-11H,4-8H2,1-3H3. The molecule has 0 amide bonds. The van der Waals surface area contributed by atoms with E-state index in [2.05, 4.69) is 31.1 Å². The first kappa shape index (κ1) is 10.0. The second-order valence-electron chi connectivity index (χ2n) is 3.98. The quantitative estimate of drug-likeness (QED) is 0.647. The van der Waals surface area contributed by atoms with Gasteiger partial charge in [-0.05, 0) is 39.3 Å². The van der Waals surface area contributed by atoms with Crippen molar-refractivity contribution in [3.05, 3.63) is 0 Å². The van der Waals surface area contributed by atoms with E-state index >= 15 is 0 Å². The molecule has 72 valence electrons. The van der Waals surface area contributed by atoms with E-state index in [1.54, 1.807) is 0 Å². The highest BCUT2D eigenvalue weighted by molar-refractivity contribution is 4.83. The number of rotatable bonds is 6. The molecular weight excluding hydrogens is 148 g/mol. The summed E-state index contributed by atoms with van der Waals surface area (Å²) in [6.45, 7) is 7.98. The van der Waals surface area contributed by atoms with Crippen LogP contribution in [0.15, 0.2) is 0 Å². The van der Waals surface area contributed by atoms with Crippen LogP contribution in [0.3, 0.4) is 0 Å². The third-order valence-corrected chi connectivity index (χ3v) is 2.83. The van der Waals surface area contributed by atoms with Gasteiger partial charge in [0.05, 0.1) is 0 Å². The van der Waals surface area contributed by atoms with Crippen LogP contribution in [-0.4, -0.2) is 37.6 Å². The zero-order chi connectivity index (χ0) is 8.97. The average molecular weight is 170 g/mol. The minimum atomic E-state index is 0.746. The van der Waals surface area contributed by atoms with Gasteiger partial charge in [0, 0.05) is 19.1 Å². The molecule has 1 aliphatic rings. The normalized spacial score (nSPS) is 20.0. The number of nitrogens with one attached hydrogen (secondary N) is 1. The second kappa shape index (κ2) is 4.83. The number of hydrogen-bond acceptors (Lipinski definition) is 2. The molecule has 0 saturated heterocycles. The summed E-state index contributed by atoms with van der Waals surface area (Å²) in [6.07, 6.45) is 2.88. The van der Waals surface area contributed by atoms with Crippen molar-refractivity contribution in [1.82, 2.24) is 10.2 Å². The second-order valence-corrected chi connectivity index (χ2v) is 3.98. The molecule has 0 heterocycles. The van der Waals surface area contributed by atoms with Crippen LogP contribution < -0.4 is 5.32 Å². The van der Waals surface area contributed by atoms with Crippen molar-refractivity contribution < 1.29 is 0 Å². The Bertz CT molecular complexity index is 121. The Balaban J connectivity index is 1.93. The summed E-state index contributed by atoms with van der Waals surface area (Å²) in [5.74, 6) is 0.983. The Morgan fingerprint density at radius 2 is 2.17 bits per heavy atom. The van der Waals surface area contributed by atoms with Gasteiger partial charge in [-0.15, -0.1) is 0 Å². The molecule has 1 atom stereocenters. The molecule has 1 N–H and O–H groups in total. The lowest BCUT2D eigenvalue weighted by molar-refractivity contribution is 0.337. The molecule has 1 unspecified atom stereocenters. The molecule has 0 aliphatic heterocycles. The van der Waals surface area contributed by atoms with Gasteiger partial charge in [-0.3, -0.25) is 0 Å². The minimum Gasteiger partial charge on any atom is -0.313 e. The lowest BCUT2D eigenvalue weighted by Crippen LogP contribution is -2.35. The van der Waals surface area contributed by atoms with Gasteiger partial charge in [0.25, 0.3) is 0 Å². The van der Waals surface area contributed by atoms with Gasteiger partial charge >= 0.3 is 0 Å². The molecule has 1 rings (SSSR count). The Kier molecular flexibility index (Phi) is 4.02. The van der Waals surface area contributed by atoms with Crippen LogP contribution in [0.4, 0.5) is 0 Å². The van der Waals surface area contributed by atoms with Gasteiger partial charge in [0.2, 0.25) is 0 Å². The maximum absolute atomic E-state index is 3.57. The predicted molar refractivity (Wildman–Crippen MR) is 53.4 cm³/mol. The SMILES string of the molecule is CCN(C)CCNC(C)C1CC1. The fourth-order valence-corrected chi connectivity index (χ4v) is 1.40. The Morgan fingerprint density at radius 3 is 2.67 bits per heavy atom. The summed E-state index contributed by atoms with van der Waals surface area (Å²) in [5.41, 5.74) is 0. The molecule has 0 spiro atoms. The van der Waals surface area contributed by atoms with E-state index < -0.39 is 0 Å². The molecule has 0 bridgehead atoms. The highest BCUT2D eigenvalue weighted by atomic mass is 15.1. The van der Waals surface area contributed by atoms with Gasteiger partial charge in [0.1, 0.15) is 0 Å². The fraction of sp³-hybridized carbons (Fsp3) is 1.00. The maximum Gasteiger partial charge on any atom is 0.0104 e. The van der Waals surface area contributed by atoms with Gasteiger partial charge in [-0.25, -0.2) is 0 Å². The summed E-state index contributed by atoms with van der Waals surface area (Å²) in [4.78, 5) is 2.34. The van der Waals surface area contributed by atoms with Gasteiger partial charge in [0.15, 0.2) is 0 Å². The van der Waals surface area contributed by atoms with Crippen molar-refractivity contribution in [3.8, 4) is 0 Å². The topological polar surface area (TPSA) is 15.3 Å². The lowest BCUT2D eigenvalue weighted by atomic mass is 10.2. The third kappa shape index (κ3) is 3.55. The van der Waals surface area contributed by atoms with Crippen LogP contribution in [0, 0.1) is 5.92 Å². The maximum atomic E-state index is 3.57. The molecule has 1 aliphatic carbocycles. The number of hydrogen-bond donors (Lipinski definition) is 1. The van der Waals surface area contributed by atoms with E-state index in [0.29, 0.717) is 0 Å². The van der Waals surface area contributed by atoms with Crippen LogP contribution in [0.5, 0.6) is 0 Å². The van der Waals surface area contributed by atoms with Crippen LogP contribution in [-0.2, 0) is 0 Å². The summed E-state index contributed by atoms with van der Waals surface area (Å²) in [5, 5.41) is 3.57. The summed E-state index contributed by atoms with van der Waals surface area (Å²) >= 11 is 0. The van der Waals surface area contributed by atoms with Crippen molar-refractivity contribution >= 4 is 0 Å². The first-order chi connectivity index (χ1) is 5.74. The van der Waals surface area contributed by atoms with Gasteiger partial charge in [-0.2, -0.15) is 0 Å². The van der Waals surface area contributed by atoms with Crippen molar-refractivity contribution in [2.45, 2.75) is 32.7 Å². The first-order valence-corrected chi connectivity index (χ1v) is 5.16. The number of nitrogens with zero attached hydrogens (tertiary/aromatic N) is 1. The molecular formula is C10H22N2. The van der Waals surface area contributed by atoms with Gasteiger partial charge < -0.3 is 10.2 Å². The van der Waals surface area contributed by atoms with E-state index in [9.17, 15) is 0 Å². The summed E-state index contributed by atoms with van der Waals surface area (Å²) in [6, 6.07) is 0.746. The van der Waals surface area contributed by atoms with Gasteiger partial charge in [-0.1, -0.05) is 6.92 Å². The van der Waals surface area contributed by atoms with Crippen molar-refractivity contribution in [1.29, 1.82) is 0 Å². The molecule has 0 aromatic carbocycles. The average Bonchev–Trinajstić information content (AvgIpc) is 2.86. The summed E-state index contributed by atoms with van der Waals surface area (Å²) < 4.78 is 0. The largest absolute Gasteiger partial charge is 0.313 e. The predicted octanol–water partition coefficient (Wildman–Crippen LogP) is 1.33. The molecule has 0 radical (unpaired) electrons.